The zero-order valence-electron chi connectivity index (χ0n) is 8.08. The predicted octanol–water partition coefficient (Wildman–Crippen LogP) is 2.01. The van der Waals surface area contributed by atoms with Crippen molar-refractivity contribution in [2.45, 2.75) is 20.3 Å². The van der Waals surface area contributed by atoms with Crippen molar-refractivity contribution in [1.82, 2.24) is 5.32 Å². The third-order valence-corrected chi connectivity index (χ3v) is 1.39. The molecule has 0 saturated heterocycles. The Kier molecular flexibility index (Phi) is 6.41. The molecular formula is C9H15N3O. The summed E-state index contributed by atoms with van der Waals surface area (Å²) in [4.78, 5) is 10.9. The lowest BCUT2D eigenvalue weighted by atomic mass is 10.4. The second kappa shape index (κ2) is 7.21. The molecule has 4 nitrogen and oxygen atoms in total. The standard InChI is InChI=1S/C9H15N3O/c1-4-8(12-11-6-3)7-10-9(13)5-2/h4,6H,3,5,7H2,1-2H3,(H,10,13)/b8-4-,12-11?. The van der Waals surface area contributed by atoms with Crippen LogP contribution in [0.2, 0.25) is 0 Å². The minimum atomic E-state index is 0.00755. The van der Waals surface area contributed by atoms with Crippen LogP contribution in [0.1, 0.15) is 20.3 Å². The molecule has 1 amide bonds. The number of azo groups is 1. The third kappa shape index (κ3) is 5.78. The van der Waals surface area contributed by atoms with Gasteiger partial charge in [-0.1, -0.05) is 19.6 Å². The van der Waals surface area contributed by atoms with Gasteiger partial charge in [0.25, 0.3) is 0 Å². The largest absolute Gasteiger partial charge is 0.350 e. The summed E-state index contributed by atoms with van der Waals surface area (Å²) >= 11 is 0. The number of carbonyl (C=O) groups excluding carboxylic acids is 1. The SMILES string of the molecule is C=CN=N/C(=C\C)CNC(=O)CC. The molecule has 72 valence electrons. The topological polar surface area (TPSA) is 53.8 Å². The third-order valence-electron chi connectivity index (χ3n) is 1.39. The highest BCUT2D eigenvalue weighted by Gasteiger charge is 1.97. The van der Waals surface area contributed by atoms with Gasteiger partial charge in [-0.05, 0) is 6.92 Å². The Balaban J connectivity index is 3.94. The van der Waals surface area contributed by atoms with Crippen LogP contribution in [0.4, 0.5) is 0 Å². The summed E-state index contributed by atoms with van der Waals surface area (Å²) in [7, 11) is 0. The van der Waals surface area contributed by atoms with Crippen LogP contribution in [-0.2, 0) is 4.79 Å². The van der Waals surface area contributed by atoms with Gasteiger partial charge in [-0.25, -0.2) is 0 Å². The number of carbonyl (C=O) groups is 1. The molecule has 0 aromatic heterocycles. The monoisotopic (exact) mass is 181 g/mol. The van der Waals surface area contributed by atoms with E-state index in [1.54, 1.807) is 13.0 Å². The first-order valence-corrected chi connectivity index (χ1v) is 4.18. The van der Waals surface area contributed by atoms with Crippen molar-refractivity contribution in [3.05, 3.63) is 24.6 Å². The highest BCUT2D eigenvalue weighted by molar-refractivity contribution is 5.75. The number of amides is 1. The first kappa shape index (κ1) is 11.6. The van der Waals surface area contributed by atoms with Crippen molar-refractivity contribution in [3.63, 3.8) is 0 Å². The van der Waals surface area contributed by atoms with Gasteiger partial charge >= 0.3 is 0 Å². The van der Waals surface area contributed by atoms with Crippen molar-refractivity contribution in [2.24, 2.45) is 10.2 Å². The average molecular weight is 181 g/mol. The Hall–Kier alpha value is -1.45. The van der Waals surface area contributed by atoms with Gasteiger partial charge in [-0.15, -0.1) is 0 Å². The van der Waals surface area contributed by atoms with Crippen molar-refractivity contribution < 1.29 is 4.79 Å². The van der Waals surface area contributed by atoms with Gasteiger partial charge in [0.1, 0.15) is 0 Å². The van der Waals surface area contributed by atoms with Crippen molar-refractivity contribution >= 4 is 5.91 Å². The maximum absolute atomic E-state index is 10.9. The average Bonchev–Trinajstić information content (AvgIpc) is 2.17. The molecule has 0 spiro atoms. The zero-order chi connectivity index (χ0) is 10.1. The van der Waals surface area contributed by atoms with Gasteiger partial charge < -0.3 is 5.32 Å². The van der Waals surface area contributed by atoms with E-state index in [-0.39, 0.29) is 5.91 Å². The first-order valence-electron chi connectivity index (χ1n) is 4.18. The number of nitrogens with zero attached hydrogens (tertiary/aromatic N) is 2. The molecule has 1 N–H and O–H groups in total. The van der Waals surface area contributed by atoms with Gasteiger partial charge in [0.05, 0.1) is 12.2 Å². The lowest BCUT2D eigenvalue weighted by molar-refractivity contribution is -0.120. The van der Waals surface area contributed by atoms with Crippen molar-refractivity contribution in [2.75, 3.05) is 6.54 Å². The highest BCUT2D eigenvalue weighted by atomic mass is 16.1. The summed E-state index contributed by atoms with van der Waals surface area (Å²) in [5, 5.41) is 10.1. The van der Waals surface area contributed by atoms with E-state index < -0.39 is 0 Å². The van der Waals surface area contributed by atoms with Crippen LogP contribution in [0.25, 0.3) is 0 Å². The normalized spacial score (nSPS) is 11.7. The van der Waals surface area contributed by atoms with Crippen LogP contribution in [0.15, 0.2) is 34.8 Å². The lowest BCUT2D eigenvalue weighted by Crippen LogP contribution is -2.23. The minimum absolute atomic E-state index is 0.00755. The molecule has 0 heterocycles. The van der Waals surface area contributed by atoms with Crippen LogP contribution < -0.4 is 5.32 Å². The molecule has 0 radical (unpaired) electrons. The van der Waals surface area contributed by atoms with Crippen LogP contribution >= 0.6 is 0 Å². The van der Waals surface area contributed by atoms with E-state index in [9.17, 15) is 4.79 Å². The molecule has 0 atom stereocenters. The fourth-order valence-corrected chi connectivity index (χ4v) is 0.624. The molecular weight excluding hydrogens is 166 g/mol. The summed E-state index contributed by atoms with van der Waals surface area (Å²) in [5.41, 5.74) is 0.724. The van der Waals surface area contributed by atoms with Crippen molar-refractivity contribution in [1.29, 1.82) is 0 Å². The number of nitrogens with one attached hydrogen (secondary N) is 1. The van der Waals surface area contributed by atoms with Crippen LogP contribution in [0, 0.1) is 0 Å². The van der Waals surface area contributed by atoms with Crippen LogP contribution in [0.3, 0.4) is 0 Å². The summed E-state index contributed by atoms with van der Waals surface area (Å²) in [5.74, 6) is 0.00755. The number of hydrogen-bond donors (Lipinski definition) is 1. The Labute approximate surface area is 78.4 Å². The number of rotatable bonds is 5. The van der Waals surface area contributed by atoms with E-state index in [1.807, 2.05) is 6.92 Å². The van der Waals surface area contributed by atoms with Gasteiger partial charge in [-0.3, -0.25) is 4.79 Å². The summed E-state index contributed by atoms with van der Waals surface area (Å²) < 4.78 is 0. The van der Waals surface area contributed by atoms with Crippen molar-refractivity contribution in [3.8, 4) is 0 Å². The van der Waals surface area contributed by atoms with E-state index in [4.69, 9.17) is 0 Å². The molecule has 0 bridgehead atoms. The fraction of sp³-hybridized carbons (Fsp3) is 0.444. The van der Waals surface area contributed by atoms with Gasteiger partial charge in [-0.2, -0.15) is 10.2 Å². The molecule has 0 saturated carbocycles. The Morgan fingerprint density at radius 2 is 2.31 bits per heavy atom. The minimum Gasteiger partial charge on any atom is -0.350 e. The summed E-state index contributed by atoms with van der Waals surface area (Å²) in [6.45, 7) is 7.46. The van der Waals surface area contributed by atoms with E-state index in [2.05, 4.69) is 22.1 Å². The zero-order valence-corrected chi connectivity index (χ0v) is 8.08. The molecule has 4 heteroatoms. The lowest BCUT2D eigenvalue weighted by Gasteiger charge is -2.01. The second-order valence-corrected chi connectivity index (χ2v) is 2.31. The van der Waals surface area contributed by atoms with Gasteiger partial charge in [0.15, 0.2) is 0 Å². The molecule has 0 fully saturated rings. The molecule has 13 heavy (non-hydrogen) atoms. The molecule has 0 aliphatic heterocycles. The Bertz CT molecular complexity index is 231. The maximum atomic E-state index is 10.9. The van der Waals surface area contributed by atoms with Gasteiger partial charge in [0, 0.05) is 12.6 Å². The summed E-state index contributed by atoms with van der Waals surface area (Å²) in [6.07, 6.45) is 3.63. The van der Waals surface area contributed by atoms with E-state index in [0.717, 1.165) is 5.70 Å². The fourth-order valence-electron chi connectivity index (χ4n) is 0.624. The molecule has 0 aliphatic carbocycles. The smallest absolute Gasteiger partial charge is 0.220 e. The molecule has 0 aliphatic rings. The number of allylic oxidation sites excluding steroid dienone is 1. The van der Waals surface area contributed by atoms with E-state index in [1.165, 1.54) is 6.20 Å². The molecule has 0 aromatic carbocycles. The van der Waals surface area contributed by atoms with Crippen LogP contribution in [0.5, 0.6) is 0 Å². The first-order chi connectivity index (χ1) is 6.24. The second-order valence-electron chi connectivity index (χ2n) is 2.31. The quantitative estimate of drug-likeness (QED) is 0.648. The molecule has 0 aromatic rings. The molecule has 0 unspecified atom stereocenters. The Morgan fingerprint density at radius 1 is 1.62 bits per heavy atom. The number of hydrogen-bond acceptors (Lipinski definition) is 3. The predicted molar refractivity (Wildman–Crippen MR) is 52.1 cm³/mol. The highest BCUT2D eigenvalue weighted by Crippen LogP contribution is 1.95. The maximum Gasteiger partial charge on any atom is 0.220 e. The van der Waals surface area contributed by atoms with E-state index in [0.29, 0.717) is 13.0 Å². The van der Waals surface area contributed by atoms with E-state index >= 15 is 0 Å². The molecule has 0 rings (SSSR count). The van der Waals surface area contributed by atoms with Crippen LogP contribution in [-0.4, -0.2) is 12.5 Å². The Morgan fingerprint density at radius 3 is 2.77 bits per heavy atom. The van der Waals surface area contributed by atoms with Gasteiger partial charge in [0.2, 0.25) is 5.91 Å². The summed E-state index contributed by atoms with van der Waals surface area (Å²) in [6, 6.07) is 0.